The van der Waals surface area contributed by atoms with Crippen molar-refractivity contribution >= 4 is 17.5 Å². The van der Waals surface area contributed by atoms with Gasteiger partial charge in [-0.2, -0.15) is 4.98 Å². The van der Waals surface area contributed by atoms with Crippen molar-refractivity contribution in [3.63, 3.8) is 0 Å². The number of hydrogen-bond acceptors (Lipinski definition) is 5. The molecule has 7 heteroatoms. The lowest BCUT2D eigenvalue weighted by molar-refractivity contribution is -0.138. The summed E-state index contributed by atoms with van der Waals surface area (Å²) in [5.41, 5.74) is 2.00. The highest BCUT2D eigenvalue weighted by Gasteiger charge is 2.23. The average molecular weight is 412 g/mol. The summed E-state index contributed by atoms with van der Waals surface area (Å²) < 4.78 is 11.1. The molecule has 1 aromatic heterocycles. The molecular weight excluding hydrogens is 390 g/mol. The van der Waals surface area contributed by atoms with E-state index in [1.165, 1.54) is 0 Å². The second-order valence-electron chi connectivity index (χ2n) is 6.60. The molecule has 0 radical (unpaired) electrons. The van der Waals surface area contributed by atoms with Crippen LogP contribution in [0.1, 0.15) is 18.4 Å². The van der Waals surface area contributed by atoms with Crippen LogP contribution in [0.25, 0.3) is 11.4 Å². The molecule has 2 aromatic carbocycles. The van der Waals surface area contributed by atoms with Crippen LogP contribution in [0.15, 0.2) is 65.7 Å². The van der Waals surface area contributed by atoms with Crippen LogP contribution in [-0.2, 0) is 11.3 Å². The fraction of sp³-hybridized carbons (Fsp3) is 0.227. The van der Waals surface area contributed by atoms with Crippen molar-refractivity contribution in [2.45, 2.75) is 26.5 Å². The second-order valence-corrected chi connectivity index (χ2v) is 7.04. The Morgan fingerprint density at radius 1 is 1.31 bits per heavy atom. The van der Waals surface area contributed by atoms with E-state index in [9.17, 15) is 4.79 Å². The van der Waals surface area contributed by atoms with Gasteiger partial charge in [-0.3, -0.25) is 4.79 Å². The zero-order valence-corrected chi connectivity index (χ0v) is 17.1. The molecule has 150 valence electrons. The molecule has 0 aliphatic heterocycles. The molecule has 0 unspecified atom stereocenters. The number of amides is 1. The van der Waals surface area contributed by atoms with Gasteiger partial charge in [0, 0.05) is 17.1 Å². The Kier molecular flexibility index (Phi) is 6.67. The SMILES string of the molecule is C=CCN(Cc1nc(-c2ccc(C)cc2)no1)C(=O)[C@H](C)Oc1cccc(Cl)c1. The van der Waals surface area contributed by atoms with Crippen LogP contribution in [0.4, 0.5) is 0 Å². The van der Waals surface area contributed by atoms with Gasteiger partial charge in [-0.1, -0.05) is 58.7 Å². The lowest BCUT2D eigenvalue weighted by Gasteiger charge is -2.23. The minimum absolute atomic E-state index is 0.160. The lowest BCUT2D eigenvalue weighted by Crippen LogP contribution is -2.40. The Balaban J connectivity index is 1.70. The molecule has 0 saturated carbocycles. The summed E-state index contributed by atoms with van der Waals surface area (Å²) in [5.74, 6) is 1.12. The smallest absolute Gasteiger partial charge is 0.264 e. The van der Waals surface area contributed by atoms with Crippen LogP contribution in [0.5, 0.6) is 5.75 Å². The van der Waals surface area contributed by atoms with Gasteiger partial charge in [0.1, 0.15) is 12.3 Å². The van der Waals surface area contributed by atoms with E-state index in [1.807, 2.05) is 31.2 Å². The first-order valence-corrected chi connectivity index (χ1v) is 9.55. The number of nitrogens with zero attached hydrogens (tertiary/aromatic N) is 3. The molecule has 3 rings (SSSR count). The van der Waals surface area contributed by atoms with E-state index in [-0.39, 0.29) is 12.5 Å². The van der Waals surface area contributed by atoms with Crippen LogP contribution in [-0.4, -0.2) is 33.6 Å². The summed E-state index contributed by atoms with van der Waals surface area (Å²) in [4.78, 5) is 18.8. The molecule has 0 spiro atoms. The maximum atomic E-state index is 12.9. The van der Waals surface area contributed by atoms with Crippen LogP contribution < -0.4 is 4.74 Å². The molecule has 6 nitrogen and oxygen atoms in total. The first kappa shape index (κ1) is 20.6. The van der Waals surface area contributed by atoms with E-state index < -0.39 is 6.10 Å². The Morgan fingerprint density at radius 3 is 2.76 bits per heavy atom. The molecular formula is C22H22ClN3O3. The van der Waals surface area contributed by atoms with E-state index in [1.54, 1.807) is 42.2 Å². The summed E-state index contributed by atoms with van der Waals surface area (Å²) in [6.07, 6.45) is 0.925. The summed E-state index contributed by atoms with van der Waals surface area (Å²) >= 11 is 5.97. The number of benzene rings is 2. The minimum Gasteiger partial charge on any atom is -0.481 e. The van der Waals surface area contributed by atoms with Crippen LogP contribution in [0.3, 0.4) is 0 Å². The number of carbonyl (C=O) groups is 1. The number of carbonyl (C=O) groups excluding carboxylic acids is 1. The lowest BCUT2D eigenvalue weighted by atomic mass is 10.1. The minimum atomic E-state index is -0.715. The van der Waals surface area contributed by atoms with Crippen molar-refractivity contribution in [3.8, 4) is 17.1 Å². The highest BCUT2D eigenvalue weighted by Crippen LogP contribution is 2.20. The second kappa shape index (κ2) is 9.39. The first-order chi connectivity index (χ1) is 14.0. The van der Waals surface area contributed by atoms with Gasteiger partial charge < -0.3 is 14.2 Å². The highest BCUT2D eigenvalue weighted by atomic mass is 35.5. The molecule has 1 amide bonds. The molecule has 3 aromatic rings. The standard InChI is InChI=1S/C22H22ClN3O3/c1-4-12-26(22(27)16(3)28-19-7-5-6-18(23)13-19)14-20-24-21(25-29-20)17-10-8-15(2)9-11-17/h4-11,13,16H,1,12,14H2,2-3H3/t16-/m0/s1. The van der Waals surface area contributed by atoms with Gasteiger partial charge in [0.15, 0.2) is 6.10 Å². The summed E-state index contributed by atoms with van der Waals surface area (Å²) in [7, 11) is 0. The quantitative estimate of drug-likeness (QED) is 0.503. The van der Waals surface area contributed by atoms with Crippen LogP contribution in [0.2, 0.25) is 5.02 Å². The van der Waals surface area contributed by atoms with E-state index in [0.29, 0.717) is 29.0 Å². The van der Waals surface area contributed by atoms with Crippen molar-refractivity contribution < 1.29 is 14.1 Å². The molecule has 0 aliphatic carbocycles. The predicted molar refractivity (Wildman–Crippen MR) is 112 cm³/mol. The van der Waals surface area contributed by atoms with Gasteiger partial charge in [0.25, 0.3) is 5.91 Å². The number of halogens is 1. The van der Waals surface area contributed by atoms with Gasteiger partial charge in [0.2, 0.25) is 11.7 Å². The molecule has 1 atom stereocenters. The van der Waals surface area contributed by atoms with E-state index >= 15 is 0 Å². The van der Waals surface area contributed by atoms with Crippen molar-refractivity contribution in [3.05, 3.63) is 77.7 Å². The Morgan fingerprint density at radius 2 is 2.07 bits per heavy atom. The Hall–Kier alpha value is -3.12. The monoisotopic (exact) mass is 411 g/mol. The highest BCUT2D eigenvalue weighted by molar-refractivity contribution is 6.30. The molecule has 0 aliphatic rings. The van der Waals surface area contributed by atoms with Crippen molar-refractivity contribution in [1.29, 1.82) is 0 Å². The zero-order valence-electron chi connectivity index (χ0n) is 16.3. The predicted octanol–water partition coefficient (Wildman–Crippen LogP) is 4.68. The molecule has 0 fully saturated rings. The van der Waals surface area contributed by atoms with Gasteiger partial charge in [-0.25, -0.2) is 0 Å². The van der Waals surface area contributed by atoms with Crippen LogP contribution in [0, 0.1) is 6.92 Å². The normalized spacial score (nSPS) is 11.7. The average Bonchev–Trinajstić information content (AvgIpc) is 3.16. The largest absolute Gasteiger partial charge is 0.481 e. The van der Waals surface area contributed by atoms with Gasteiger partial charge in [-0.15, -0.1) is 6.58 Å². The van der Waals surface area contributed by atoms with Crippen molar-refractivity contribution in [1.82, 2.24) is 15.0 Å². The van der Waals surface area contributed by atoms with Gasteiger partial charge >= 0.3 is 0 Å². The molecule has 0 saturated heterocycles. The first-order valence-electron chi connectivity index (χ1n) is 9.18. The third-order valence-corrected chi connectivity index (χ3v) is 4.46. The Bertz CT molecular complexity index is 985. The zero-order chi connectivity index (χ0) is 20.8. The molecule has 0 bridgehead atoms. The molecule has 1 heterocycles. The van der Waals surface area contributed by atoms with E-state index in [0.717, 1.165) is 11.1 Å². The number of hydrogen-bond donors (Lipinski definition) is 0. The maximum Gasteiger partial charge on any atom is 0.264 e. The molecule has 0 N–H and O–H groups in total. The van der Waals surface area contributed by atoms with Crippen LogP contribution >= 0.6 is 11.6 Å². The number of aryl methyl sites for hydroxylation is 1. The summed E-state index contributed by atoms with van der Waals surface area (Å²) in [6, 6.07) is 14.7. The van der Waals surface area contributed by atoms with Gasteiger partial charge in [-0.05, 0) is 32.0 Å². The Labute approximate surface area is 174 Å². The topological polar surface area (TPSA) is 68.5 Å². The van der Waals surface area contributed by atoms with E-state index in [2.05, 4.69) is 16.7 Å². The number of aromatic nitrogens is 2. The number of rotatable bonds is 8. The van der Waals surface area contributed by atoms with E-state index in [4.69, 9.17) is 20.9 Å². The van der Waals surface area contributed by atoms with Gasteiger partial charge in [0.05, 0.1) is 0 Å². The summed E-state index contributed by atoms with van der Waals surface area (Å²) in [6.45, 7) is 7.90. The summed E-state index contributed by atoms with van der Waals surface area (Å²) in [5, 5.41) is 4.56. The van der Waals surface area contributed by atoms with Crippen molar-refractivity contribution in [2.24, 2.45) is 0 Å². The fourth-order valence-electron chi connectivity index (χ4n) is 2.74. The maximum absolute atomic E-state index is 12.9. The fourth-order valence-corrected chi connectivity index (χ4v) is 2.92. The molecule has 29 heavy (non-hydrogen) atoms. The van der Waals surface area contributed by atoms with Crippen molar-refractivity contribution in [2.75, 3.05) is 6.54 Å². The third kappa shape index (κ3) is 5.45. The number of ether oxygens (including phenoxy) is 1. The third-order valence-electron chi connectivity index (χ3n) is 4.22.